The fourth-order valence-corrected chi connectivity index (χ4v) is 5.33. The largest absolute Gasteiger partial charge is 0.356 e. The van der Waals surface area contributed by atoms with Gasteiger partial charge in [0.05, 0.1) is 10.8 Å². The smallest absolute Gasteiger partial charge is 0.243 e. The summed E-state index contributed by atoms with van der Waals surface area (Å²) in [7, 11) is -3.52. The molecule has 2 aliphatic rings. The van der Waals surface area contributed by atoms with Crippen LogP contribution in [0.2, 0.25) is 0 Å². The summed E-state index contributed by atoms with van der Waals surface area (Å²) in [5.41, 5.74) is 0. The lowest BCUT2D eigenvalue weighted by Gasteiger charge is -2.31. The number of likely N-dealkylation sites (tertiary alicyclic amines) is 1. The lowest BCUT2D eigenvalue weighted by atomic mass is 9.99. The lowest BCUT2D eigenvalue weighted by Crippen LogP contribution is -2.45. The topological polar surface area (TPSA) is 69.7 Å². The average molecular weight is 380 g/mol. The number of hydrogen-bond acceptors (Lipinski definition) is 4. The van der Waals surface area contributed by atoms with Crippen LogP contribution in [-0.4, -0.2) is 62.8 Å². The molecular formula is C19H29N3O3S. The maximum absolute atomic E-state index is 12.8. The van der Waals surface area contributed by atoms with Gasteiger partial charge in [0.15, 0.2) is 0 Å². The standard InChI is InChI=1S/C19H29N3O3S/c23-19(20-11-7-14-21-12-4-5-13-21)17-8-6-15-22(16-17)26(24,25)18-9-2-1-3-10-18/h1-3,9-10,17H,4-8,11-16H2,(H,20,23)/t17-/m0/s1. The van der Waals surface area contributed by atoms with Gasteiger partial charge in [-0.3, -0.25) is 4.79 Å². The van der Waals surface area contributed by atoms with Crippen LogP contribution >= 0.6 is 0 Å². The molecule has 0 spiro atoms. The van der Waals surface area contributed by atoms with Crippen LogP contribution in [-0.2, 0) is 14.8 Å². The molecule has 1 aromatic rings. The summed E-state index contributed by atoms with van der Waals surface area (Å²) in [6, 6.07) is 8.46. The van der Waals surface area contributed by atoms with Gasteiger partial charge in [-0.15, -0.1) is 0 Å². The first kappa shape index (κ1) is 19.3. The van der Waals surface area contributed by atoms with E-state index in [4.69, 9.17) is 0 Å². The summed E-state index contributed by atoms with van der Waals surface area (Å²) in [6.45, 7) is 4.79. The Kier molecular flexibility index (Phi) is 6.67. The number of piperidine rings is 1. The molecule has 1 atom stereocenters. The SMILES string of the molecule is O=C(NCCCN1CCCC1)[C@H]1CCCN(S(=O)(=O)c2ccccc2)C1. The van der Waals surface area contributed by atoms with Crippen molar-refractivity contribution in [2.45, 2.75) is 37.0 Å². The molecule has 144 valence electrons. The van der Waals surface area contributed by atoms with E-state index >= 15 is 0 Å². The van der Waals surface area contributed by atoms with Crippen LogP contribution in [0.3, 0.4) is 0 Å². The Morgan fingerprint density at radius 2 is 1.81 bits per heavy atom. The molecule has 2 heterocycles. The first-order valence-electron chi connectivity index (χ1n) is 9.62. The van der Waals surface area contributed by atoms with E-state index in [2.05, 4.69) is 10.2 Å². The van der Waals surface area contributed by atoms with Crippen LogP contribution < -0.4 is 5.32 Å². The predicted molar refractivity (Wildman–Crippen MR) is 101 cm³/mol. The van der Waals surface area contributed by atoms with E-state index in [1.807, 2.05) is 0 Å². The van der Waals surface area contributed by atoms with Crippen LogP contribution in [0.4, 0.5) is 0 Å². The first-order valence-corrected chi connectivity index (χ1v) is 11.1. The fourth-order valence-electron chi connectivity index (χ4n) is 3.78. The molecule has 0 unspecified atom stereocenters. The highest BCUT2D eigenvalue weighted by Gasteiger charge is 2.33. The van der Waals surface area contributed by atoms with E-state index in [1.54, 1.807) is 30.3 Å². The van der Waals surface area contributed by atoms with Crippen molar-refractivity contribution >= 4 is 15.9 Å². The normalized spacial score (nSPS) is 22.4. The Morgan fingerprint density at radius 1 is 1.08 bits per heavy atom. The molecule has 2 saturated heterocycles. The fraction of sp³-hybridized carbons (Fsp3) is 0.632. The molecule has 0 aliphatic carbocycles. The molecule has 1 amide bonds. The van der Waals surface area contributed by atoms with E-state index in [9.17, 15) is 13.2 Å². The highest BCUT2D eigenvalue weighted by molar-refractivity contribution is 7.89. The van der Waals surface area contributed by atoms with Crippen molar-refractivity contribution < 1.29 is 13.2 Å². The van der Waals surface area contributed by atoms with Gasteiger partial charge >= 0.3 is 0 Å². The zero-order valence-corrected chi connectivity index (χ0v) is 16.1. The number of nitrogens with one attached hydrogen (secondary N) is 1. The number of rotatable bonds is 7. The first-order chi connectivity index (χ1) is 12.6. The minimum atomic E-state index is -3.52. The van der Waals surface area contributed by atoms with Crippen molar-refractivity contribution in [1.82, 2.24) is 14.5 Å². The second kappa shape index (κ2) is 8.97. The molecule has 26 heavy (non-hydrogen) atoms. The molecule has 3 rings (SSSR count). The molecule has 2 aliphatic heterocycles. The second-order valence-electron chi connectivity index (χ2n) is 7.21. The van der Waals surface area contributed by atoms with E-state index in [0.717, 1.165) is 25.8 Å². The van der Waals surface area contributed by atoms with Gasteiger partial charge in [-0.25, -0.2) is 8.42 Å². The van der Waals surface area contributed by atoms with Crippen molar-refractivity contribution in [3.63, 3.8) is 0 Å². The summed E-state index contributed by atoms with van der Waals surface area (Å²) in [6.07, 6.45) is 4.97. The monoisotopic (exact) mass is 379 g/mol. The number of sulfonamides is 1. The number of amides is 1. The van der Waals surface area contributed by atoms with Crippen molar-refractivity contribution in [2.24, 2.45) is 5.92 Å². The second-order valence-corrected chi connectivity index (χ2v) is 9.15. The summed E-state index contributed by atoms with van der Waals surface area (Å²) >= 11 is 0. The Hall–Kier alpha value is -1.44. The van der Waals surface area contributed by atoms with Crippen molar-refractivity contribution in [3.8, 4) is 0 Å². The van der Waals surface area contributed by atoms with Crippen molar-refractivity contribution in [2.75, 3.05) is 39.3 Å². The third kappa shape index (κ3) is 4.84. The third-order valence-corrected chi connectivity index (χ3v) is 7.16. The number of carbonyl (C=O) groups is 1. The molecule has 1 aromatic carbocycles. The maximum atomic E-state index is 12.8. The maximum Gasteiger partial charge on any atom is 0.243 e. The quantitative estimate of drug-likeness (QED) is 0.732. The number of carbonyl (C=O) groups excluding carboxylic acids is 1. The minimum absolute atomic E-state index is 0.0145. The highest BCUT2D eigenvalue weighted by atomic mass is 32.2. The predicted octanol–water partition coefficient (Wildman–Crippen LogP) is 1.69. The van der Waals surface area contributed by atoms with E-state index < -0.39 is 10.0 Å². The van der Waals surface area contributed by atoms with Gasteiger partial charge in [0.25, 0.3) is 0 Å². The lowest BCUT2D eigenvalue weighted by molar-refractivity contribution is -0.126. The average Bonchev–Trinajstić information content (AvgIpc) is 3.19. The summed E-state index contributed by atoms with van der Waals surface area (Å²) in [4.78, 5) is 15.2. The van der Waals surface area contributed by atoms with Gasteiger partial charge in [0.1, 0.15) is 0 Å². The Bertz CT molecular complexity index is 687. The van der Waals surface area contributed by atoms with Crippen LogP contribution in [0.15, 0.2) is 35.2 Å². The Labute approximate surface area is 156 Å². The summed E-state index contributed by atoms with van der Waals surface area (Å²) in [5.74, 6) is -0.270. The molecular weight excluding hydrogens is 350 g/mol. The van der Waals surface area contributed by atoms with Crippen LogP contribution in [0.25, 0.3) is 0 Å². The molecule has 0 aromatic heterocycles. The number of nitrogens with zero attached hydrogens (tertiary/aromatic N) is 2. The molecule has 7 heteroatoms. The Balaban J connectivity index is 1.48. The van der Waals surface area contributed by atoms with E-state index in [-0.39, 0.29) is 18.4 Å². The van der Waals surface area contributed by atoms with Gasteiger partial charge in [-0.2, -0.15) is 4.31 Å². The van der Waals surface area contributed by atoms with Gasteiger partial charge < -0.3 is 10.2 Å². The minimum Gasteiger partial charge on any atom is -0.356 e. The summed E-state index contributed by atoms with van der Waals surface area (Å²) in [5, 5.41) is 3.00. The van der Waals surface area contributed by atoms with Crippen molar-refractivity contribution in [1.29, 1.82) is 0 Å². The number of hydrogen-bond donors (Lipinski definition) is 1. The number of benzene rings is 1. The molecule has 1 N–H and O–H groups in total. The van der Waals surface area contributed by atoms with Crippen LogP contribution in [0, 0.1) is 5.92 Å². The molecule has 0 bridgehead atoms. The van der Waals surface area contributed by atoms with Gasteiger partial charge in [-0.05, 0) is 63.9 Å². The van der Waals surface area contributed by atoms with Crippen LogP contribution in [0.1, 0.15) is 32.1 Å². The van der Waals surface area contributed by atoms with Crippen molar-refractivity contribution in [3.05, 3.63) is 30.3 Å². The molecule has 2 fully saturated rings. The van der Waals surface area contributed by atoms with Crippen LogP contribution in [0.5, 0.6) is 0 Å². The van der Waals surface area contributed by atoms with E-state index in [1.165, 1.54) is 30.2 Å². The third-order valence-electron chi connectivity index (χ3n) is 5.28. The molecule has 6 nitrogen and oxygen atoms in total. The van der Waals surface area contributed by atoms with Gasteiger partial charge in [0, 0.05) is 19.6 Å². The zero-order valence-electron chi connectivity index (χ0n) is 15.3. The molecule has 0 radical (unpaired) electrons. The van der Waals surface area contributed by atoms with Gasteiger partial charge in [0.2, 0.25) is 15.9 Å². The van der Waals surface area contributed by atoms with E-state index in [0.29, 0.717) is 18.0 Å². The van der Waals surface area contributed by atoms with Gasteiger partial charge in [-0.1, -0.05) is 18.2 Å². The zero-order chi connectivity index (χ0) is 18.4. The molecule has 0 saturated carbocycles. The highest BCUT2D eigenvalue weighted by Crippen LogP contribution is 2.23. The Morgan fingerprint density at radius 3 is 2.54 bits per heavy atom. The summed E-state index contributed by atoms with van der Waals surface area (Å²) < 4.78 is 27.0.